The van der Waals surface area contributed by atoms with Crippen LogP contribution in [0.25, 0.3) is 0 Å². The molecule has 0 spiro atoms. The van der Waals surface area contributed by atoms with Crippen molar-refractivity contribution in [3.05, 3.63) is 51.7 Å². The van der Waals surface area contributed by atoms with E-state index in [1.165, 1.54) is 16.0 Å². The molecule has 0 saturated carbocycles. The summed E-state index contributed by atoms with van der Waals surface area (Å²) in [5.41, 5.74) is 2.67. The highest BCUT2D eigenvalue weighted by molar-refractivity contribution is 7.10. The molecule has 0 unspecified atom stereocenters. The van der Waals surface area contributed by atoms with Gasteiger partial charge in [-0.05, 0) is 53.5 Å². The van der Waals surface area contributed by atoms with Gasteiger partial charge >= 0.3 is 0 Å². The fourth-order valence-corrected chi connectivity index (χ4v) is 4.09. The highest BCUT2D eigenvalue weighted by Gasteiger charge is 2.28. The van der Waals surface area contributed by atoms with Crippen molar-refractivity contribution in [2.75, 3.05) is 13.2 Å². The van der Waals surface area contributed by atoms with Crippen molar-refractivity contribution >= 4 is 17.2 Å². The number of amides is 1. The van der Waals surface area contributed by atoms with Crippen molar-refractivity contribution in [1.82, 2.24) is 4.90 Å². The van der Waals surface area contributed by atoms with Gasteiger partial charge in [-0.3, -0.25) is 4.79 Å². The molecule has 1 aromatic heterocycles. The molecule has 0 fully saturated rings. The number of hydrogen-bond donors (Lipinski definition) is 0. The lowest BCUT2D eigenvalue weighted by Gasteiger charge is -2.33. The van der Waals surface area contributed by atoms with E-state index < -0.39 is 0 Å². The van der Waals surface area contributed by atoms with Crippen LogP contribution < -0.4 is 4.74 Å². The van der Waals surface area contributed by atoms with E-state index in [9.17, 15) is 4.79 Å². The fraction of sp³-hybridized carbons (Fsp3) is 0.450. The van der Waals surface area contributed by atoms with Gasteiger partial charge in [0.25, 0.3) is 5.91 Å². The molecule has 0 radical (unpaired) electrons. The predicted octanol–water partition coefficient (Wildman–Crippen LogP) is 4.57. The summed E-state index contributed by atoms with van der Waals surface area (Å²) in [6, 6.07) is 10.3. The van der Waals surface area contributed by atoms with Crippen molar-refractivity contribution in [1.29, 1.82) is 0 Å². The molecule has 4 heteroatoms. The fourth-order valence-electron chi connectivity index (χ4n) is 3.13. The largest absolute Gasteiger partial charge is 0.484 e. The topological polar surface area (TPSA) is 29.5 Å². The predicted molar refractivity (Wildman–Crippen MR) is 98.8 cm³/mol. The first-order valence-corrected chi connectivity index (χ1v) is 9.33. The second-order valence-corrected chi connectivity index (χ2v) is 8.38. The van der Waals surface area contributed by atoms with Crippen LogP contribution >= 0.6 is 11.3 Å². The highest BCUT2D eigenvalue weighted by Crippen LogP contribution is 2.32. The van der Waals surface area contributed by atoms with Gasteiger partial charge in [0.2, 0.25) is 0 Å². The van der Waals surface area contributed by atoms with E-state index >= 15 is 0 Å². The molecule has 1 aliphatic rings. The molecule has 0 N–H and O–H groups in total. The summed E-state index contributed by atoms with van der Waals surface area (Å²) in [4.78, 5) is 15.9. The van der Waals surface area contributed by atoms with E-state index in [1.807, 2.05) is 17.0 Å². The quantitative estimate of drug-likeness (QED) is 0.817. The molecule has 1 aliphatic heterocycles. The summed E-state index contributed by atoms with van der Waals surface area (Å²) >= 11 is 1.79. The van der Waals surface area contributed by atoms with Crippen molar-refractivity contribution in [2.24, 2.45) is 0 Å². The maximum atomic E-state index is 12.5. The minimum Gasteiger partial charge on any atom is -0.484 e. The third kappa shape index (κ3) is 3.48. The average molecular weight is 343 g/mol. The molecular formula is C20H25NO2S. The summed E-state index contributed by atoms with van der Waals surface area (Å²) in [5, 5.41) is 2.11. The van der Waals surface area contributed by atoms with Gasteiger partial charge in [-0.25, -0.2) is 0 Å². The van der Waals surface area contributed by atoms with Gasteiger partial charge in [0.05, 0.1) is 6.04 Å². The van der Waals surface area contributed by atoms with Gasteiger partial charge in [0, 0.05) is 11.4 Å². The number of rotatable bonds is 3. The monoisotopic (exact) mass is 343 g/mol. The Balaban J connectivity index is 1.60. The van der Waals surface area contributed by atoms with Crippen LogP contribution in [0, 0.1) is 0 Å². The lowest BCUT2D eigenvalue weighted by molar-refractivity contribution is -0.135. The summed E-state index contributed by atoms with van der Waals surface area (Å²) < 4.78 is 5.72. The Morgan fingerprint density at radius 1 is 1.25 bits per heavy atom. The van der Waals surface area contributed by atoms with Gasteiger partial charge in [0.15, 0.2) is 6.61 Å². The van der Waals surface area contributed by atoms with Crippen LogP contribution in [-0.4, -0.2) is 24.0 Å². The highest BCUT2D eigenvalue weighted by atomic mass is 32.1. The van der Waals surface area contributed by atoms with Crippen LogP contribution in [0.5, 0.6) is 5.75 Å². The Morgan fingerprint density at radius 3 is 2.62 bits per heavy atom. The van der Waals surface area contributed by atoms with Crippen molar-refractivity contribution in [2.45, 2.75) is 45.6 Å². The van der Waals surface area contributed by atoms with Gasteiger partial charge in [-0.1, -0.05) is 32.9 Å². The molecule has 3 rings (SSSR count). The number of hydrogen-bond acceptors (Lipinski definition) is 3. The Labute approximate surface area is 148 Å². The molecule has 0 saturated heterocycles. The number of fused-ring (bicyclic) bond motifs is 1. The van der Waals surface area contributed by atoms with Gasteiger partial charge in [-0.15, -0.1) is 11.3 Å². The summed E-state index contributed by atoms with van der Waals surface area (Å²) in [6.07, 6.45) is 0.948. The molecule has 2 heterocycles. The molecule has 1 atom stereocenters. The van der Waals surface area contributed by atoms with E-state index in [0.717, 1.165) is 18.7 Å². The maximum absolute atomic E-state index is 12.5. The second-order valence-electron chi connectivity index (χ2n) is 7.38. The van der Waals surface area contributed by atoms with E-state index in [-0.39, 0.29) is 24.0 Å². The molecule has 1 amide bonds. The minimum absolute atomic E-state index is 0.0549. The Kier molecular flexibility index (Phi) is 4.68. The molecule has 1 aromatic carbocycles. The summed E-state index contributed by atoms with van der Waals surface area (Å²) in [7, 11) is 0. The summed E-state index contributed by atoms with van der Waals surface area (Å²) in [5.74, 6) is 0.802. The minimum atomic E-state index is 0.0549. The van der Waals surface area contributed by atoms with Gasteiger partial charge < -0.3 is 9.64 Å². The number of nitrogens with zero attached hydrogens (tertiary/aromatic N) is 1. The van der Waals surface area contributed by atoms with Crippen LogP contribution in [-0.2, 0) is 16.6 Å². The van der Waals surface area contributed by atoms with Crippen LogP contribution in [0.1, 0.15) is 49.7 Å². The molecule has 0 aliphatic carbocycles. The van der Waals surface area contributed by atoms with Crippen LogP contribution in [0.15, 0.2) is 35.7 Å². The second kappa shape index (κ2) is 6.60. The maximum Gasteiger partial charge on any atom is 0.261 e. The third-order valence-electron chi connectivity index (χ3n) is 4.68. The zero-order valence-electron chi connectivity index (χ0n) is 14.8. The van der Waals surface area contributed by atoms with E-state index in [2.05, 4.69) is 51.3 Å². The number of carbonyl (C=O) groups excluding carboxylic acids is 1. The molecule has 3 nitrogen and oxygen atoms in total. The number of benzene rings is 1. The molecule has 2 aromatic rings. The van der Waals surface area contributed by atoms with Crippen LogP contribution in [0.3, 0.4) is 0 Å². The molecule has 24 heavy (non-hydrogen) atoms. The van der Waals surface area contributed by atoms with Gasteiger partial charge in [-0.2, -0.15) is 0 Å². The van der Waals surface area contributed by atoms with E-state index in [0.29, 0.717) is 0 Å². The first-order chi connectivity index (χ1) is 11.4. The van der Waals surface area contributed by atoms with Crippen LogP contribution in [0.4, 0.5) is 0 Å². The lowest BCUT2D eigenvalue weighted by Crippen LogP contribution is -2.40. The Morgan fingerprint density at radius 2 is 1.96 bits per heavy atom. The van der Waals surface area contributed by atoms with E-state index in [4.69, 9.17) is 4.74 Å². The van der Waals surface area contributed by atoms with Crippen molar-refractivity contribution in [3.63, 3.8) is 0 Å². The average Bonchev–Trinajstić information content (AvgIpc) is 3.02. The lowest BCUT2D eigenvalue weighted by atomic mass is 9.87. The number of ether oxygens (including phenoxy) is 1. The molecule has 128 valence electrons. The smallest absolute Gasteiger partial charge is 0.261 e. The Bertz CT molecular complexity index is 712. The normalized spacial score (nSPS) is 17.5. The van der Waals surface area contributed by atoms with Crippen molar-refractivity contribution in [3.8, 4) is 5.75 Å². The Hall–Kier alpha value is -1.81. The summed E-state index contributed by atoms with van der Waals surface area (Å²) in [6.45, 7) is 9.52. The standard InChI is InChI=1S/C20H25NO2S/c1-14-17-10-12-24-18(17)9-11-21(14)19(22)13-23-16-7-5-15(6-8-16)20(2,3)4/h5-8,10,12,14H,9,11,13H2,1-4H3/t14-/m0/s1. The first kappa shape index (κ1) is 17.0. The van der Waals surface area contributed by atoms with Crippen LogP contribution in [0.2, 0.25) is 0 Å². The van der Waals surface area contributed by atoms with E-state index in [1.54, 1.807) is 11.3 Å². The third-order valence-corrected chi connectivity index (χ3v) is 5.68. The number of thiophene rings is 1. The first-order valence-electron chi connectivity index (χ1n) is 8.45. The van der Waals surface area contributed by atoms with Gasteiger partial charge in [0.1, 0.15) is 5.75 Å². The number of carbonyl (C=O) groups is 1. The SMILES string of the molecule is C[C@H]1c2ccsc2CCN1C(=O)COc1ccc(C(C)(C)C)cc1. The van der Waals surface area contributed by atoms with Crippen molar-refractivity contribution < 1.29 is 9.53 Å². The molecule has 0 bridgehead atoms. The molecular weight excluding hydrogens is 318 g/mol. The zero-order chi connectivity index (χ0) is 17.3. The zero-order valence-corrected chi connectivity index (χ0v) is 15.7.